The molecule has 0 aliphatic rings. The quantitative estimate of drug-likeness (QED) is 0.735. The van der Waals surface area contributed by atoms with Crippen molar-refractivity contribution in [2.75, 3.05) is 0 Å². The standard InChI is InChI=1S/C18H15FO/c1-18(20,15-7-4-8-17(19)12-15)16-10-9-13-5-2-3-6-14(13)11-16/h2-12,20H,1H3. The van der Waals surface area contributed by atoms with Gasteiger partial charge in [0.25, 0.3) is 0 Å². The van der Waals surface area contributed by atoms with Gasteiger partial charge in [-0.25, -0.2) is 4.39 Å². The minimum Gasteiger partial charge on any atom is -0.381 e. The predicted molar refractivity (Wildman–Crippen MR) is 79.0 cm³/mol. The van der Waals surface area contributed by atoms with Gasteiger partial charge in [-0.15, -0.1) is 0 Å². The molecule has 0 bridgehead atoms. The Kier molecular flexibility index (Phi) is 3.03. The van der Waals surface area contributed by atoms with Crippen LogP contribution in [-0.2, 0) is 5.60 Å². The second-order valence-electron chi connectivity index (χ2n) is 5.14. The molecule has 2 heteroatoms. The summed E-state index contributed by atoms with van der Waals surface area (Å²) in [6, 6.07) is 19.9. The zero-order valence-corrected chi connectivity index (χ0v) is 11.2. The van der Waals surface area contributed by atoms with E-state index in [-0.39, 0.29) is 5.82 Å². The van der Waals surface area contributed by atoms with Gasteiger partial charge in [0, 0.05) is 0 Å². The number of rotatable bonds is 2. The summed E-state index contributed by atoms with van der Waals surface area (Å²) in [6.45, 7) is 1.69. The molecule has 0 saturated heterocycles. The van der Waals surface area contributed by atoms with Gasteiger partial charge in [-0.3, -0.25) is 0 Å². The highest BCUT2D eigenvalue weighted by molar-refractivity contribution is 5.83. The smallest absolute Gasteiger partial charge is 0.123 e. The molecule has 0 aliphatic carbocycles. The lowest BCUT2D eigenvalue weighted by atomic mass is 9.87. The van der Waals surface area contributed by atoms with Crippen LogP contribution in [0.3, 0.4) is 0 Å². The fourth-order valence-corrected chi connectivity index (χ4v) is 2.45. The first-order valence-corrected chi connectivity index (χ1v) is 6.55. The van der Waals surface area contributed by atoms with E-state index in [0.717, 1.165) is 16.3 Å². The Balaban J connectivity index is 2.13. The van der Waals surface area contributed by atoms with Gasteiger partial charge in [-0.05, 0) is 47.0 Å². The van der Waals surface area contributed by atoms with E-state index in [4.69, 9.17) is 0 Å². The first-order valence-electron chi connectivity index (χ1n) is 6.55. The summed E-state index contributed by atoms with van der Waals surface area (Å²) in [5, 5.41) is 12.9. The zero-order chi connectivity index (χ0) is 14.2. The minimum atomic E-state index is -1.22. The van der Waals surface area contributed by atoms with Gasteiger partial charge in [0.2, 0.25) is 0 Å². The molecule has 0 aliphatic heterocycles. The van der Waals surface area contributed by atoms with E-state index < -0.39 is 5.60 Å². The van der Waals surface area contributed by atoms with Crippen LogP contribution in [0.15, 0.2) is 66.7 Å². The van der Waals surface area contributed by atoms with Gasteiger partial charge in [0.15, 0.2) is 0 Å². The zero-order valence-electron chi connectivity index (χ0n) is 11.2. The van der Waals surface area contributed by atoms with E-state index in [9.17, 15) is 9.50 Å². The molecule has 0 amide bonds. The molecule has 3 aromatic carbocycles. The molecule has 0 fully saturated rings. The maximum absolute atomic E-state index is 13.4. The number of fused-ring (bicyclic) bond motifs is 1. The van der Waals surface area contributed by atoms with Crippen molar-refractivity contribution in [1.82, 2.24) is 0 Å². The molecule has 1 atom stereocenters. The molecule has 0 spiro atoms. The Labute approximate surface area is 117 Å². The fraction of sp³-hybridized carbons (Fsp3) is 0.111. The highest BCUT2D eigenvalue weighted by Crippen LogP contribution is 2.31. The lowest BCUT2D eigenvalue weighted by Gasteiger charge is -2.25. The van der Waals surface area contributed by atoms with Crippen LogP contribution in [0.1, 0.15) is 18.1 Å². The van der Waals surface area contributed by atoms with Crippen molar-refractivity contribution in [2.24, 2.45) is 0 Å². The summed E-state index contributed by atoms with van der Waals surface area (Å²) in [7, 11) is 0. The molecule has 0 saturated carbocycles. The molecule has 0 heterocycles. The van der Waals surface area contributed by atoms with Gasteiger partial charge in [0.05, 0.1) is 0 Å². The van der Waals surface area contributed by atoms with E-state index in [1.165, 1.54) is 12.1 Å². The fourth-order valence-electron chi connectivity index (χ4n) is 2.45. The molecule has 100 valence electrons. The predicted octanol–water partition coefficient (Wildman–Crippen LogP) is 4.23. The van der Waals surface area contributed by atoms with Crippen LogP contribution in [0.5, 0.6) is 0 Å². The Morgan fingerprint density at radius 3 is 2.25 bits per heavy atom. The summed E-state index contributed by atoms with van der Waals surface area (Å²) < 4.78 is 13.4. The van der Waals surface area contributed by atoms with Crippen LogP contribution >= 0.6 is 0 Å². The third-order valence-corrected chi connectivity index (χ3v) is 3.70. The molecule has 3 aromatic rings. The van der Waals surface area contributed by atoms with E-state index in [0.29, 0.717) is 5.56 Å². The van der Waals surface area contributed by atoms with Crippen molar-refractivity contribution in [3.63, 3.8) is 0 Å². The molecular weight excluding hydrogens is 251 g/mol. The van der Waals surface area contributed by atoms with Gasteiger partial charge < -0.3 is 5.11 Å². The normalized spacial score (nSPS) is 14.2. The lowest BCUT2D eigenvalue weighted by molar-refractivity contribution is 0.102. The summed E-state index contributed by atoms with van der Waals surface area (Å²) in [5.41, 5.74) is 0.0844. The second kappa shape index (κ2) is 4.73. The minimum absolute atomic E-state index is 0.344. The van der Waals surface area contributed by atoms with Crippen LogP contribution in [0.4, 0.5) is 4.39 Å². The maximum atomic E-state index is 13.4. The van der Waals surface area contributed by atoms with Crippen LogP contribution in [0.2, 0.25) is 0 Å². The van der Waals surface area contributed by atoms with Crippen LogP contribution in [-0.4, -0.2) is 5.11 Å². The highest BCUT2D eigenvalue weighted by atomic mass is 19.1. The van der Waals surface area contributed by atoms with Gasteiger partial charge in [-0.2, -0.15) is 0 Å². The Morgan fingerprint density at radius 1 is 0.800 bits per heavy atom. The molecule has 1 unspecified atom stereocenters. The van der Waals surface area contributed by atoms with E-state index in [1.54, 1.807) is 19.1 Å². The highest BCUT2D eigenvalue weighted by Gasteiger charge is 2.26. The average molecular weight is 266 g/mol. The summed E-state index contributed by atoms with van der Waals surface area (Å²) in [4.78, 5) is 0. The maximum Gasteiger partial charge on any atom is 0.123 e. The number of aliphatic hydroxyl groups is 1. The molecule has 1 nitrogen and oxygen atoms in total. The number of hydrogen-bond acceptors (Lipinski definition) is 1. The van der Waals surface area contributed by atoms with Crippen LogP contribution in [0, 0.1) is 5.82 Å². The molecule has 3 rings (SSSR count). The van der Waals surface area contributed by atoms with E-state index in [2.05, 4.69) is 0 Å². The van der Waals surface area contributed by atoms with Crippen LogP contribution < -0.4 is 0 Å². The van der Waals surface area contributed by atoms with Crippen LogP contribution in [0.25, 0.3) is 10.8 Å². The molecular formula is C18H15FO. The number of halogens is 1. The average Bonchev–Trinajstić information content (AvgIpc) is 2.46. The first-order chi connectivity index (χ1) is 9.57. The number of benzene rings is 3. The van der Waals surface area contributed by atoms with Crippen molar-refractivity contribution in [2.45, 2.75) is 12.5 Å². The Morgan fingerprint density at radius 2 is 1.50 bits per heavy atom. The van der Waals surface area contributed by atoms with Gasteiger partial charge in [-0.1, -0.05) is 48.5 Å². The Bertz CT molecular complexity index is 762. The Hall–Kier alpha value is -2.19. The summed E-state index contributed by atoms with van der Waals surface area (Å²) in [5.74, 6) is -0.344. The third kappa shape index (κ3) is 2.19. The van der Waals surface area contributed by atoms with Gasteiger partial charge >= 0.3 is 0 Å². The van der Waals surface area contributed by atoms with E-state index >= 15 is 0 Å². The molecule has 20 heavy (non-hydrogen) atoms. The monoisotopic (exact) mass is 266 g/mol. The lowest BCUT2D eigenvalue weighted by Crippen LogP contribution is -2.22. The largest absolute Gasteiger partial charge is 0.381 e. The van der Waals surface area contributed by atoms with Crippen molar-refractivity contribution in [3.8, 4) is 0 Å². The topological polar surface area (TPSA) is 20.2 Å². The van der Waals surface area contributed by atoms with Crippen molar-refractivity contribution >= 4 is 10.8 Å². The second-order valence-corrected chi connectivity index (χ2v) is 5.14. The molecule has 1 N–H and O–H groups in total. The summed E-state index contributed by atoms with van der Waals surface area (Å²) >= 11 is 0. The molecule has 0 aromatic heterocycles. The van der Waals surface area contributed by atoms with Crippen molar-refractivity contribution in [3.05, 3.63) is 83.7 Å². The van der Waals surface area contributed by atoms with Crippen molar-refractivity contribution < 1.29 is 9.50 Å². The molecule has 0 radical (unpaired) electrons. The summed E-state index contributed by atoms with van der Waals surface area (Å²) in [6.07, 6.45) is 0. The first kappa shape index (κ1) is 12.8. The SMILES string of the molecule is CC(O)(c1cccc(F)c1)c1ccc2ccccc2c1. The number of hydrogen-bond donors (Lipinski definition) is 1. The van der Waals surface area contributed by atoms with Crippen molar-refractivity contribution in [1.29, 1.82) is 0 Å². The van der Waals surface area contributed by atoms with E-state index in [1.807, 2.05) is 42.5 Å². The van der Waals surface area contributed by atoms with Gasteiger partial charge in [0.1, 0.15) is 11.4 Å². The third-order valence-electron chi connectivity index (χ3n) is 3.70.